The Kier molecular flexibility index (Phi) is 5.35. The molecule has 1 aliphatic rings. The summed E-state index contributed by atoms with van der Waals surface area (Å²) >= 11 is 6.31. The molecule has 0 radical (unpaired) electrons. The predicted molar refractivity (Wildman–Crippen MR) is 107 cm³/mol. The summed E-state index contributed by atoms with van der Waals surface area (Å²) in [4.78, 5) is 2.46. The Morgan fingerprint density at radius 2 is 1.62 bits per heavy atom. The van der Waals surface area contributed by atoms with Crippen LogP contribution in [0.1, 0.15) is 17.2 Å². The normalized spacial score (nSPS) is 18.0. The molecule has 1 fully saturated rings. The molecule has 3 heteroatoms. The second-order valence-corrected chi connectivity index (χ2v) is 7.09. The molecule has 3 aromatic carbocycles. The molecule has 3 aromatic rings. The number of ether oxygens (including phenoxy) is 1. The minimum absolute atomic E-state index is 0.160. The molecule has 1 saturated heterocycles. The molecule has 1 aliphatic heterocycles. The lowest BCUT2D eigenvalue weighted by atomic mass is 10.0. The molecule has 0 N–H and O–H groups in total. The lowest BCUT2D eigenvalue weighted by Gasteiger charge is -2.33. The molecule has 4 rings (SSSR count). The van der Waals surface area contributed by atoms with E-state index in [1.807, 2.05) is 24.3 Å². The van der Waals surface area contributed by atoms with Crippen molar-refractivity contribution in [2.24, 2.45) is 0 Å². The Labute approximate surface area is 160 Å². The molecule has 0 saturated carbocycles. The van der Waals surface area contributed by atoms with E-state index >= 15 is 0 Å². The van der Waals surface area contributed by atoms with Gasteiger partial charge in [0, 0.05) is 30.2 Å². The van der Waals surface area contributed by atoms with Crippen molar-refractivity contribution in [1.29, 1.82) is 0 Å². The Hall–Kier alpha value is -2.13. The highest BCUT2D eigenvalue weighted by Crippen LogP contribution is 2.28. The second kappa shape index (κ2) is 8.05. The summed E-state index contributed by atoms with van der Waals surface area (Å²) < 4.78 is 5.97. The van der Waals surface area contributed by atoms with E-state index in [4.69, 9.17) is 16.3 Å². The smallest absolute Gasteiger partial charge is 0.0952 e. The third-order valence-electron chi connectivity index (χ3n) is 4.87. The van der Waals surface area contributed by atoms with Crippen LogP contribution in [0.3, 0.4) is 0 Å². The molecule has 132 valence electrons. The number of rotatable bonds is 4. The quantitative estimate of drug-likeness (QED) is 0.600. The fourth-order valence-electron chi connectivity index (χ4n) is 3.46. The van der Waals surface area contributed by atoms with Crippen LogP contribution >= 0.6 is 11.6 Å². The summed E-state index contributed by atoms with van der Waals surface area (Å²) in [6.45, 7) is 3.61. The third-order valence-corrected chi connectivity index (χ3v) is 5.20. The monoisotopic (exact) mass is 363 g/mol. The highest BCUT2D eigenvalue weighted by atomic mass is 35.5. The van der Waals surface area contributed by atoms with Crippen LogP contribution in [0, 0.1) is 0 Å². The van der Waals surface area contributed by atoms with E-state index in [2.05, 4.69) is 59.5 Å². The first-order valence-electron chi connectivity index (χ1n) is 9.02. The molecule has 0 aromatic heterocycles. The fraction of sp³-hybridized carbons (Fsp3) is 0.217. The van der Waals surface area contributed by atoms with Gasteiger partial charge in [-0.1, -0.05) is 84.4 Å². The molecule has 26 heavy (non-hydrogen) atoms. The molecular formula is C23H22ClNO. The lowest BCUT2D eigenvalue weighted by Crippen LogP contribution is -2.37. The standard InChI is InChI=1S/C23H22ClNO/c24-22-9-5-4-8-21(22)19-12-10-18(11-13-19)16-25-14-15-26-23(17-25)20-6-2-1-3-7-20/h1-13,23H,14-17H2. The van der Waals surface area contributed by atoms with Gasteiger partial charge in [-0.05, 0) is 22.8 Å². The molecular weight excluding hydrogens is 342 g/mol. The van der Waals surface area contributed by atoms with Crippen molar-refractivity contribution in [2.75, 3.05) is 19.7 Å². The molecule has 0 bridgehead atoms. The first-order valence-corrected chi connectivity index (χ1v) is 9.40. The van der Waals surface area contributed by atoms with E-state index in [0.717, 1.165) is 42.4 Å². The maximum Gasteiger partial charge on any atom is 0.0952 e. The van der Waals surface area contributed by atoms with Gasteiger partial charge in [-0.15, -0.1) is 0 Å². The predicted octanol–water partition coefficient (Wildman–Crippen LogP) is 5.58. The highest BCUT2D eigenvalue weighted by Gasteiger charge is 2.21. The van der Waals surface area contributed by atoms with Crippen molar-refractivity contribution >= 4 is 11.6 Å². The van der Waals surface area contributed by atoms with Crippen LogP contribution in [0.5, 0.6) is 0 Å². The molecule has 1 atom stereocenters. The SMILES string of the molecule is Clc1ccccc1-c1ccc(CN2CCOC(c3ccccc3)C2)cc1. The number of halogens is 1. The first kappa shape index (κ1) is 17.3. The van der Waals surface area contributed by atoms with Crippen LogP contribution in [-0.2, 0) is 11.3 Å². The van der Waals surface area contributed by atoms with Crippen LogP contribution in [0.2, 0.25) is 5.02 Å². The zero-order chi connectivity index (χ0) is 17.8. The summed E-state index contributed by atoms with van der Waals surface area (Å²) in [6.07, 6.45) is 0.160. The average molecular weight is 364 g/mol. The summed E-state index contributed by atoms with van der Waals surface area (Å²) in [5, 5.41) is 0.791. The van der Waals surface area contributed by atoms with Crippen molar-refractivity contribution < 1.29 is 4.74 Å². The van der Waals surface area contributed by atoms with E-state index in [9.17, 15) is 0 Å². The van der Waals surface area contributed by atoms with E-state index in [-0.39, 0.29) is 6.10 Å². The van der Waals surface area contributed by atoms with Gasteiger partial charge < -0.3 is 4.74 Å². The lowest BCUT2D eigenvalue weighted by molar-refractivity contribution is -0.0329. The number of nitrogens with zero attached hydrogens (tertiary/aromatic N) is 1. The van der Waals surface area contributed by atoms with Gasteiger partial charge in [0.05, 0.1) is 12.7 Å². The van der Waals surface area contributed by atoms with Gasteiger partial charge in [0.1, 0.15) is 0 Å². The maximum atomic E-state index is 6.31. The summed E-state index contributed by atoms with van der Waals surface area (Å²) in [5.74, 6) is 0. The Morgan fingerprint density at radius 3 is 2.38 bits per heavy atom. The summed E-state index contributed by atoms with van der Waals surface area (Å²) in [5.41, 5.74) is 4.81. The van der Waals surface area contributed by atoms with E-state index < -0.39 is 0 Å². The molecule has 1 unspecified atom stereocenters. The Balaban J connectivity index is 1.43. The minimum atomic E-state index is 0.160. The van der Waals surface area contributed by atoms with Crippen LogP contribution in [0.15, 0.2) is 78.9 Å². The van der Waals surface area contributed by atoms with Gasteiger partial charge in [0.25, 0.3) is 0 Å². The minimum Gasteiger partial charge on any atom is -0.371 e. The van der Waals surface area contributed by atoms with Gasteiger partial charge in [-0.2, -0.15) is 0 Å². The van der Waals surface area contributed by atoms with Crippen molar-refractivity contribution in [3.05, 3.63) is 95.0 Å². The Bertz CT molecular complexity index is 848. The fourth-order valence-corrected chi connectivity index (χ4v) is 3.70. The number of morpholine rings is 1. The zero-order valence-corrected chi connectivity index (χ0v) is 15.4. The van der Waals surface area contributed by atoms with Crippen molar-refractivity contribution in [3.63, 3.8) is 0 Å². The van der Waals surface area contributed by atoms with Crippen molar-refractivity contribution in [3.8, 4) is 11.1 Å². The van der Waals surface area contributed by atoms with Gasteiger partial charge >= 0.3 is 0 Å². The average Bonchev–Trinajstić information content (AvgIpc) is 2.70. The van der Waals surface area contributed by atoms with E-state index in [0.29, 0.717) is 0 Å². The van der Waals surface area contributed by atoms with E-state index in [1.165, 1.54) is 11.1 Å². The van der Waals surface area contributed by atoms with Gasteiger partial charge in [-0.25, -0.2) is 0 Å². The summed E-state index contributed by atoms with van der Waals surface area (Å²) in [6, 6.07) is 27.2. The zero-order valence-electron chi connectivity index (χ0n) is 14.6. The third kappa shape index (κ3) is 3.99. The molecule has 0 aliphatic carbocycles. The Morgan fingerprint density at radius 1 is 0.885 bits per heavy atom. The molecule has 1 heterocycles. The number of benzene rings is 3. The first-order chi connectivity index (χ1) is 12.8. The molecule has 0 spiro atoms. The molecule has 0 amide bonds. The van der Waals surface area contributed by atoms with Crippen molar-refractivity contribution in [1.82, 2.24) is 4.90 Å². The van der Waals surface area contributed by atoms with Gasteiger partial charge in [0.15, 0.2) is 0 Å². The van der Waals surface area contributed by atoms with Crippen LogP contribution in [0.25, 0.3) is 11.1 Å². The topological polar surface area (TPSA) is 12.5 Å². The number of hydrogen-bond donors (Lipinski definition) is 0. The largest absolute Gasteiger partial charge is 0.371 e. The van der Waals surface area contributed by atoms with Gasteiger partial charge in [0.2, 0.25) is 0 Å². The van der Waals surface area contributed by atoms with E-state index in [1.54, 1.807) is 0 Å². The van der Waals surface area contributed by atoms with Crippen molar-refractivity contribution in [2.45, 2.75) is 12.6 Å². The maximum absolute atomic E-state index is 6.31. The molecule has 2 nitrogen and oxygen atoms in total. The number of hydrogen-bond acceptors (Lipinski definition) is 2. The highest BCUT2D eigenvalue weighted by molar-refractivity contribution is 6.33. The van der Waals surface area contributed by atoms with Crippen LogP contribution < -0.4 is 0 Å². The second-order valence-electron chi connectivity index (χ2n) is 6.68. The summed E-state index contributed by atoms with van der Waals surface area (Å²) in [7, 11) is 0. The van der Waals surface area contributed by atoms with Crippen LogP contribution in [-0.4, -0.2) is 24.6 Å². The van der Waals surface area contributed by atoms with Crippen LogP contribution in [0.4, 0.5) is 0 Å². The van der Waals surface area contributed by atoms with Gasteiger partial charge in [-0.3, -0.25) is 4.90 Å².